The molecule has 0 aromatic heterocycles. The molecular weight excluding hydrogens is 403 g/mol. The van der Waals surface area contributed by atoms with E-state index in [9.17, 15) is 14.0 Å². The molecule has 164 valence electrons. The largest absolute Gasteiger partial charge is 0.351 e. The number of hydrogen-bond acceptors (Lipinski definition) is 2. The zero-order valence-electron chi connectivity index (χ0n) is 17.9. The lowest BCUT2D eigenvalue weighted by atomic mass is 10.0. The fraction of sp³-hybridized carbons (Fsp3) is 0.185. The molecule has 3 aromatic carbocycles. The molecule has 0 aliphatic carbocycles. The van der Waals surface area contributed by atoms with Crippen LogP contribution in [0.5, 0.6) is 0 Å². The number of carbonyl (C=O) groups is 2. The summed E-state index contributed by atoms with van der Waals surface area (Å²) >= 11 is 0. The highest BCUT2D eigenvalue weighted by Gasteiger charge is 2.31. The van der Waals surface area contributed by atoms with Gasteiger partial charge in [0.1, 0.15) is 11.9 Å². The number of hydrogen-bond donors (Lipinski definition) is 1. The van der Waals surface area contributed by atoms with E-state index in [1.165, 1.54) is 12.1 Å². The van der Waals surface area contributed by atoms with E-state index < -0.39 is 6.04 Å². The first-order valence-corrected chi connectivity index (χ1v) is 10.6. The van der Waals surface area contributed by atoms with Crippen LogP contribution in [0, 0.1) is 5.82 Å². The van der Waals surface area contributed by atoms with Crippen LogP contribution in [0.3, 0.4) is 0 Å². The smallest absolute Gasteiger partial charge is 0.247 e. The lowest BCUT2D eigenvalue weighted by molar-refractivity contribution is -0.141. The summed E-state index contributed by atoms with van der Waals surface area (Å²) in [6.45, 7) is 4.14. The molecule has 0 spiro atoms. The predicted molar refractivity (Wildman–Crippen MR) is 124 cm³/mol. The topological polar surface area (TPSA) is 49.4 Å². The molecule has 3 aromatic rings. The van der Waals surface area contributed by atoms with Crippen LogP contribution in [-0.4, -0.2) is 23.3 Å². The van der Waals surface area contributed by atoms with Crippen molar-refractivity contribution in [2.75, 3.05) is 6.54 Å². The Labute approximate surface area is 188 Å². The van der Waals surface area contributed by atoms with Crippen LogP contribution in [0.2, 0.25) is 0 Å². The highest BCUT2D eigenvalue weighted by atomic mass is 19.1. The minimum absolute atomic E-state index is 0.152. The standard InChI is InChI=1S/C27H27FN2O2/c1-2-19-29-27(32)26(23-11-7-4-8-12-23)30(20-22-13-16-24(28)17-14-22)25(31)18-15-21-9-5-3-6-10-21/h2-14,16-17,26H,1,15,18-20H2,(H,29,32)/t26-/m1/s1. The fourth-order valence-electron chi connectivity index (χ4n) is 3.53. The molecule has 0 bridgehead atoms. The highest BCUT2D eigenvalue weighted by molar-refractivity contribution is 5.89. The second kappa shape index (κ2) is 11.6. The number of nitrogens with zero attached hydrogens (tertiary/aromatic N) is 1. The molecule has 2 amide bonds. The summed E-state index contributed by atoms with van der Waals surface area (Å²) in [7, 11) is 0. The van der Waals surface area contributed by atoms with E-state index in [1.807, 2.05) is 60.7 Å². The lowest BCUT2D eigenvalue weighted by Gasteiger charge is -2.31. The molecule has 1 N–H and O–H groups in total. The third-order valence-corrected chi connectivity index (χ3v) is 5.15. The maximum atomic E-state index is 13.4. The normalized spacial score (nSPS) is 11.4. The van der Waals surface area contributed by atoms with Gasteiger partial charge in [-0.15, -0.1) is 6.58 Å². The van der Waals surface area contributed by atoms with E-state index >= 15 is 0 Å². The molecule has 0 aliphatic rings. The number of benzene rings is 3. The number of rotatable bonds is 10. The van der Waals surface area contributed by atoms with Gasteiger partial charge in [-0.05, 0) is 35.2 Å². The molecule has 0 aliphatic heterocycles. The van der Waals surface area contributed by atoms with Crippen molar-refractivity contribution in [1.29, 1.82) is 0 Å². The summed E-state index contributed by atoms with van der Waals surface area (Å²) in [6.07, 6.45) is 2.42. The van der Waals surface area contributed by atoms with Crippen molar-refractivity contribution >= 4 is 11.8 Å². The maximum Gasteiger partial charge on any atom is 0.247 e. The van der Waals surface area contributed by atoms with Crippen molar-refractivity contribution in [2.24, 2.45) is 0 Å². The SMILES string of the molecule is C=CCNC(=O)[C@@H](c1ccccc1)N(Cc1ccc(F)cc1)C(=O)CCc1ccccc1. The first-order valence-electron chi connectivity index (χ1n) is 10.6. The Kier molecular flexibility index (Phi) is 8.32. The molecule has 0 fully saturated rings. The molecule has 0 saturated carbocycles. The Morgan fingerprint density at radius 1 is 0.906 bits per heavy atom. The molecule has 0 radical (unpaired) electrons. The van der Waals surface area contributed by atoms with Crippen LogP contribution in [-0.2, 0) is 22.6 Å². The number of nitrogens with one attached hydrogen (secondary N) is 1. The quantitative estimate of drug-likeness (QED) is 0.469. The number of carbonyl (C=O) groups excluding carboxylic acids is 2. The Hall–Kier alpha value is -3.73. The van der Waals surface area contributed by atoms with Gasteiger partial charge in [-0.25, -0.2) is 4.39 Å². The first-order chi connectivity index (χ1) is 15.6. The van der Waals surface area contributed by atoms with Gasteiger partial charge in [0.2, 0.25) is 11.8 Å². The summed E-state index contributed by atoms with van der Waals surface area (Å²) in [6, 6.07) is 24.1. The minimum atomic E-state index is -0.815. The van der Waals surface area contributed by atoms with E-state index in [0.29, 0.717) is 18.5 Å². The average Bonchev–Trinajstić information content (AvgIpc) is 2.83. The summed E-state index contributed by atoms with van der Waals surface area (Å²) in [5, 5.41) is 2.82. The van der Waals surface area contributed by atoms with Gasteiger partial charge in [-0.3, -0.25) is 9.59 Å². The summed E-state index contributed by atoms with van der Waals surface area (Å²) in [4.78, 5) is 28.2. The number of amides is 2. The summed E-state index contributed by atoms with van der Waals surface area (Å²) < 4.78 is 13.4. The van der Waals surface area contributed by atoms with Gasteiger partial charge < -0.3 is 10.2 Å². The number of halogens is 1. The predicted octanol–water partition coefficient (Wildman–Crippen LogP) is 4.83. The van der Waals surface area contributed by atoms with Crippen LogP contribution in [0.25, 0.3) is 0 Å². The van der Waals surface area contributed by atoms with Crippen molar-refractivity contribution in [3.63, 3.8) is 0 Å². The van der Waals surface area contributed by atoms with Gasteiger partial charge in [0, 0.05) is 19.5 Å². The van der Waals surface area contributed by atoms with Crippen molar-refractivity contribution in [3.8, 4) is 0 Å². The highest BCUT2D eigenvalue weighted by Crippen LogP contribution is 2.25. The van der Waals surface area contributed by atoms with E-state index in [0.717, 1.165) is 11.1 Å². The van der Waals surface area contributed by atoms with Crippen molar-refractivity contribution in [2.45, 2.75) is 25.4 Å². The third-order valence-electron chi connectivity index (χ3n) is 5.15. The van der Waals surface area contributed by atoms with Gasteiger partial charge in [-0.2, -0.15) is 0 Å². The van der Waals surface area contributed by atoms with Crippen LogP contribution < -0.4 is 5.32 Å². The maximum absolute atomic E-state index is 13.4. The van der Waals surface area contributed by atoms with E-state index in [4.69, 9.17) is 0 Å². The molecule has 3 rings (SSSR count). The van der Waals surface area contributed by atoms with Crippen LogP contribution in [0.15, 0.2) is 97.6 Å². The molecule has 5 heteroatoms. The first kappa shape index (κ1) is 22.9. The third kappa shape index (κ3) is 6.38. The molecular formula is C27H27FN2O2. The Bertz CT molecular complexity index is 1020. The van der Waals surface area contributed by atoms with Crippen LogP contribution in [0.4, 0.5) is 4.39 Å². The minimum Gasteiger partial charge on any atom is -0.351 e. The van der Waals surface area contributed by atoms with Gasteiger partial charge in [0.25, 0.3) is 0 Å². The van der Waals surface area contributed by atoms with Crippen molar-refractivity contribution < 1.29 is 14.0 Å². The Morgan fingerprint density at radius 2 is 1.53 bits per heavy atom. The fourth-order valence-corrected chi connectivity index (χ4v) is 3.53. The molecule has 0 heterocycles. The van der Waals surface area contributed by atoms with Gasteiger partial charge in [0.05, 0.1) is 0 Å². The van der Waals surface area contributed by atoms with E-state index in [1.54, 1.807) is 23.1 Å². The summed E-state index contributed by atoms with van der Waals surface area (Å²) in [5.74, 6) is -0.786. The molecule has 32 heavy (non-hydrogen) atoms. The number of aryl methyl sites for hydroxylation is 1. The lowest BCUT2D eigenvalue weighted by Crippen LogP contribution is -2.43. The Balaban J connectivity index is 1.92. The molecule has 0 unspecified atom stereocenters. The zero-order valence-corrected chi connectivity index (χ0v) is 17.9. The van der Waals surface area contributed by atoms with Crippen LogP contribution in [0.1, 0.15) is 29.2 Å². The van der Waals surface area contributed by atoms with E-state index in [-0.39, 0.29) is 30.6 Å². The monoisotopic (exact) mass is 430 g/mol. The average molecular weight is 431 g/mol. The molecule has 4 nitrogen and oxygen atoms in total. The van der Waals surface area contributed by atoms with Crippen molar-refractivity contribution in [3.05, 3.63) is 120 Å². The molecule has 0 saturated heterocycles. The summed E-state index contributed by atoms with van der Waals surface area (Å²) in [5.41, 5.74) is 2.51. The van der Waals surface area contributed by atoms with Crippen LogP contribution >= 0.6 is 0 Å². The van der Waals surface area contributed by atoms with Gasteiger partial charge in [0.15, 0.2) is 0 Å². The van der Waals surface area contributed by atoms with Gasteiger partial charge >= 0.3 is 0 Å². The van der Waals surface area contributed by atoms with E-state index in [2.05, 4.69) is 11.9 Å². The van der Waals surface area contributed by atoms with Gasteiger partial charge in [-0.1, -0.05) is 78.9 Å². The second-order valence-corrected chi connectivity index (χ2v) is 7.48. The Morgan fingerprint density at radius 3 is 2.16 bits per heavy atom. The molecule has 1 atom stereocenters. The van der Waals surface area contributed by atoms with Crippen molar-refractivity contribution in [1.82, 2.24) is 10.2 Å². The second-order valence-electron chi connectivity index (χ2n) is 7.48. The zero-order chi connectivity index (χ0) is 22.8.